The SMILES string of the molecule is [2H]C([2H])([2H])c1ccc2c(n1)oc1c(-c3cc(-c4cccc5cccnc45)ccn3)cccc12. The molecule has 30 heavy (non-hydrogen) atoms. The summed E-state index contributed by atoms with van der Waals surface area (Å²) in [7, 11) is 0. The highest BCUT2D eigenvalue weighted by Gasteiger charge is 2.15. The van der Waals surface area contributed by atoms with E-state index < -0.39 is 6.85 Å². The number of benzene rings is 2. The van der Waals surface area contributed by atoms with Crippen molar-refractivity contribution in [3.63, 3.8) is 0 Å². The number of rotatable bonds is 2. The highest BCUT2D eigenvalue weighted by atomic mass is 16.3. The van der Waals surface area contributed by atoms with Crippen molar-refractivity contribution >= 4 is 33.0 Å². The third-order valence-electron chi connectivity index (χ3n) is 5.34. The molecule has 0 saturated carbocycles. The van der Waals surface area contributed by atoms with Crippen molar-refractivity contribution in [1.29, 1.82) is 0 Å². The summed E-state index contributed by atoms with van der Waals surface area (Å²) >= 11 is 0. The minimum Gasteiger partial charge on any atom is -0.437 e. The second-order valence-corrected chi connectivity index (χ2v) is 7.14. The number of nitrogens with zero attached hydrogens (tertiary/aromatic N) is 3. The van der Waals surface area contributed by atoms with Crippen molar-refractivity contribution in [1.82, 2.24) is 15.0 Å². The van der Waals surface area contributed by atoms with Gasteiger partial charge in [-0.15, -0.1) is 0 Å². The lowest BCUT2D eigenvalue weighted by Crippen LogP contribution is -1.88. The third-order valence-corrected chi connectivity index (χ3v) is 5.34. The van der Waals surface area contributed by atoms with Gasteiger partial charge in [-0.3, -0.25) is 9.97 Å². The first kappa shape index (κ1) is 14.0. The van der Waals surface area contributed by atoms with E-state index in [1.54, 1.807) is 18.5 Å². The number of hydrogen-bond acceptors (Lipinski definition) is 4. The van der Waals surface area contributed by atoms with Gasteiger partial charge in [0.1, 0.15) is 5.58 Å². The molecule has 0 bridgehead atoms. The van der Waals surface area contributed by atoms with E-state index in [0.29, 0.717) is 11.3 Å². The monoisotopic (exact) mass is 390 g/mol. The Hall–Kier alpha value is -4.05. The van der Waals surface area contributed by atoms with Crippen LogP contribution in [-0.4, -0.2) is 15.0 Å². The molecular formula is C26H17N3O. The summed E-state index contributed by atoms with van der Waals surface area (Å²) in [5.74, 6) is 0. The van der Waals surface area contributed by atoms with E-state index >= 15 is 0 Å². The second-order valence-electron chi connectivity index (χ2n) is 7.14. The summed E-state index contributed by atoms with van der Waals surface area (Å²) in [5.41, 5.74) is 5.47. The molecule has 0 aliphatic carbocycles. The molecule has 4 heteroatoms. The number of para-hydroxylation sites is 2. The molecule has 0 N–H and O–H groups in total. The Labute approximate surface area is 177 Å². The lowest BCUT2D eigenvalue weighted by molar-refractivity contribution is 0.653. The van der Waals surface area contributed by atoms with E-state index in [1.807, 2.05) is 54.6 Å². The van der Waals surface area contributed by atoms with Crippen molar-refractivity contribution in [2.75, 3.05) is 0 Å². The third kappa shape index (κ3) is 2.58. The number of fused-ring (bicyclic) bond motifs is 4. The Morgan fingerprint density at radius 2 is 1.70 bits per heavy atom. The van der Waals surface area contributed by atoms with Crippen LogP contribution in [0.5, 0.6) is 0 Å². The van der Waals surface area contributed by atoms with Crippen LogP contribution in [0.1, 0.15) is 9.81 Å². The average molecular weight is 390 g/mol. The van der Waals surface area contributed by atoms with Crippen molar-refractivity contribution in [3.05, 3.63) is 90.9 Å². The molecule has 0 aliphatic heterocycles. The van der Waals surface area contributed by atoms with Crippen molar-refractivity contribution in [3.8, 4) is 22.4 Å². The summed E-state index contributed by atoms with van der Waals surface area (Å²) in [6, 6.07) is 23.2. The maximum absolute atomic E-state index is 7.64. The van der Waals surface area contributed by atoms with Gasteiger partial charge in [-0.05, 0) is 48.8 Å². The largest absolute Gasteiger partial charge is 0.437 e. The van der Waals surface area contributed by atoms with E-state index in [-0.39, 0.29) is 5.69 Å². The Bertz CT molecular complexity index is 1670. The molecule has 0 fully saturated rings. The van der Waals surface area contributed by atoms with E-state index in [0.717, 1.165) is 44.1 Å². The molecule has 4 aromatic heterocycles. The molecular weight excluding hydrogens is 370 g/mol. The molecule has 0 saturated heterocycles. The summed E-state index contributed by atoms with van der Waals surface area (Å²) in [5, 5.41) is 2.71. The summed E-state index contributed by atoms with van der Waals surface area (Å²) in [4.78, 5) is 13.4. The molecule has 0 unspecified atom stereocenters. The Morgan fingerprint density at radius 1 is 0.800 bits per heavy atom. The summed E-state index contributed by atoms with van der Waals surface area (Å²) < 4.78 is 29.0. The quantitative estimate of drug-likeness (QED) is 0.336. The predicted octanol–water partition coefficient (Wildman–Crippen LogP) is 6.57. The molecule has 0 atom stereocenters. The van der Waals surface area contributed by atoms with Gasteiger partial charge in [0.15, 0.2) is 0 Å². The van der Waals surface area contributed by atoms with E-state index in [4.69, 9.17) is 8.53 Å². The number of aromatic nitrogens is 3. The maximum Gasteiger partial charge on any atom is 0.227 e. The fraction of sp³-hybridized carbons (Fsp3) is 0.0385. The lowest BCUT2D eigenvalue weighted by atomic mass is 10.00. The fourth-order valence-electron chi connectivity index (χ4n) is 3.96. The summed E-state index contributed by atoms with van der Waals surface area (Å²) in [6.07, 6.45) is 3.57. The molecule has 0 amide bonds. The Kier molecular flexibility index (Phi) is 3.03. The lowest BCUT2D eigenvalue weighted by Gasteiger charge is -2.08. The van der Waals surface area contributed by atoms with Crippen LogP contribution in [0.2, 0.25) is 0 Å². The number of furan rings is 1. The van der Waals surface area contributed by atoms with Gasteiger partial charge in [-0.2, -0.15) is 0 Å². The normalized spacial score (nSPS) is 13.4. The molecule has 6 aromatic rings. The number of hydrogen-bond donors (Lipinski definition) is 0. The standard InChI is InChI=1S/C26H17N3O/c1-16-10-11-21-20-8-3-9-22(25(20)30-26(21)29-16)23-15-18(12-14-27-23)19-7-2-5-17-6-4-13-28-24(17)19/h2-15H,1H3/i1D3. The van der Waals surface area contributed by atoms with E-state index in [1.165, 1.54) is 6.07 Å². The molecule has 4 nitrogen and oxygen atoms in total. The zero-order chi connectivity index (χ0) is 22.6. The van der Waals surface area contributed by atoms with Crippen LogP contribution in [0.25, 0.3) is 55.4 Å². The first-order chi connectivity index (χ1) is 16.0. The minimum absolute atomic E-state index is 0.0131. The maximum atomic E-state index is 7.64. The van der Waals surface area contributed by atoms with Crippen LogP contribution in [0.4, 0.5) is 0 Å². The Morgan fingerprint density at radius 3 is 2.67 bits per heavy atom. The van der Waals surface area contributed by atoms with E-state index in [2.05, 4.69) is 21.0 Å². The topological polar surface area (TPSA) is 51.8 Å². The molecule has 2 aromatic carbocycles. The molecule has 4 heterocycles. The molecule has 142 valence electrons. The van der Waals surface area contributed by atoms with Gasteiger partial charge in [0.2, 0.25) is 5.71 Å². The van der Waals surface area contributed by atoms with Crippen LogP contribution in [0, 0.1) is 6.85 Å². The molecule has 6 rings (SSSR count). The van der Waals surface area contributed by atoms with Gasteiger partial charge in [-0.1, -0.05) is 36.4 Å². The van der Waals surface area contributed by atoms with Crippen LogP contribution < -0.4 is 0 Å². The first-order valence-electron chi connectivity index (χ1n) is 11.1. The van der Waals surface area contributed by atoms with Crippen LogP contribution in [-0.2, 0) is 0 Å². The average Bonchev–Trinajstić information content (AvgIpc) is 3.21. The fourth-order valence-corrected chi connectivity index (χ4v) is 3.96. The van der Waals surface area contributed by atoms with Crippen LogP contribution >= 0.6 is 0 Å². The van der Waals surface area contributed by atoms with Gasteiger partial charge in [0, 0.05) is 49.5 Å². The number of pyridine rings is 3. The van der Waals surface area contributed by atoms with Gasteiger partial charge in [0.25, 0.3) is 0 Å². The highest BCUT2D eigenvalue weighted by molar-refractivity contribution is 6.08. The zero-order valence-electron chi connectivity index (χ0n) is 18.8. The minimum atomic E-state index is -2.29. The molecule has 0 aliphatic rings. The van der Waals surface area contributed by atoms with Crippen molar-refractivity contribution in [2.24, 2.45) is 0 Å². The second kappa shape index (κ2) is 6.49. The van der Waals surface area contributed by atoms with E-state index in [9.17, 15) is 0 Å². The first-order valence-corrected chi connectivity index (χ1v) is 9.62. The van der Waals surface area contributed by atoms with Gasteiger partial charge in [0.05, 0.1) is 11.2 Å². The van der Waals surface area contributed by atoms with Gasteiger partial charge in [-0.25, -0.2) is 4.98 Å². The summed E-state index contributed by atoms with van der Waals surface area (Å²) in [6.45, 7) is -2.29. The number of aryl methyl sites for hydroxylation is 1. The molecule has 0 radical (unpaired) electrons. The van der Waals surface area contributed by atoms with Crippen LogP contribution in [0.15, 0.2) is 89.6 Å². The van der Waals surface area contributed by atoms with Gasteiger partial charge >= 0.3 is 0 Å². The van der Waals surface area contributed by atoms with Crippen molar-refractivity contribution < 1.29 is 8.53 Å². The molecule has 0 spiro atoms. The zero-order valence-corrected chi connectivity index (χ0v) is 15.8. The van der Waals surface area contributed by atoms with Gasteiger partial charge < -0.3 is 4.42 Å². The van der Waals surface area contributed by atoms with Crippen molar-refractivity contribution in [2.45, 2.75) is 6.85 Å². The Balaban J connectivity index is 1.54. The van der Waals surface area contributed by atoms with Crippen LogP contribution in [0.3, 0.4) is 0 Å². The predicted molar refractivity (Wildman–Crippen MR) is 120 cm³/mol. The highest BCUT2D eigenvalue weighted by Crippen LogP contribution is 2.36. The smallest absolute Gasteiger partial charge is 0.227 e.